The number of thioether (sulfide) groups is 1. The molecule has 21 heavy (non-hydrogen) atoms. The van der Waals surface area contributed by atoms with Crippen LogP contribution in [0.25, 0.3) is 17.4 Å². The Morgan fingerprint density at radius 1 is 1.24 bits per heavy atom. The molecular formula is C15H10BrNO3S. The van der Waals surface area contributed by atoms with Crippen molar-refractivity contribution in [3.05, 3.63) is 51.0 Å². The first-order chi connectivity index (χ1) is 10.0. The van der Waals surface area contributed by atoms with E-state index in [1.54, 1.807) is 12.1 Å². The van der Waals surface area contributed by atoms with Gasteiger partial charge in [0.05, 0.1) is 4.91 Å². The molecule has 4 nitrogen and oxygen atoms in total. The van der Waals surface area contributed by atoms with E-state index >= 15 is 0 Å². The molecule has 2 heterocycles. The van der Waals surface area contributed by atoms with E-state index in [-0.39, 0.29) is 11.1 Å². The summed E-state index contributed by atoms with van der Waals surface area (Å²) in [6.45, 7) is 2.00. The highest BCUT2D eigenvalue weighted by molar-refractivity contribution is 9.10. The van der Waals surface area contributed by atoms with Crippen molar-refractivity contribution in [2.24, 2.45) is 0 Å². The molecule has 0 saturated carbocycles. The van der Waals surface area contributed by atoms with Gasteiger partial charge in [0.25, 0.3) is 11.1 Å². The summed E-state index contributed by atoms with van der Waals surface area (Å²) < 4.78 is 6.75. The second-order valence-electron chi connectivity index (χ2n) is 4.52. The van der Waals surface area contributed by atoms with Crippen LogP contribution in [0.1, 0.15) is 11.3 Å². The van der Waals surface area contributed by atoms with Gasteiger partial charge in [0, 0.05) is 16.1 Å². The highest BCUT2D eigenvalue weighted by atomic mass is 79.9. The Morgan fingerprint density at radius 3 is 2.71 bits per heavy atom. The van der Waals surface area contributed by atoms with Crippen LogP contribution in [0.3, 0.4) is 0 Å². The van der Waals surface area contributed by atoms with E-state index in [2.05, 4.69) is 21.2 Å². The fourth-order valence-corrected chi connectivity index (χ4v) is 2.84. The summed E-state index contributed by atoms with van der Waals surface area (Å²) in [7, 11) is 0. The summed E-state index contributed by atoms with van der Waals surface area (Å²) in [6.07, 6.45) is 1.57. The van der Waals surface area contributed by atoms with Crippen LogP contribution in [-0.4, -0.2) is 11.1 Å². The fraction of sp³-hybridized carbons (Fsp3) is 0.0667. The number of hydrogen-bond acceptors (Lipinski definition) is 4. The van der Waals surface area contributed by atoms with Crippen LogP contribution >= 0.6 is 27.7 Å². The van der Waals surface area contributed by atoms with Gasteiger partial charge in [-0.05, 0) is 48.5 Å². The average molecular weight is 364 g/mol. The summed E-state index contributed by atoms with van der Waals surface area (Å²) in [5.41, 5.74) is 2.07. The number of furan rings is 1. The number of carbonyl (C=O) groups is 2. The smallest absolute Gasteiger partial charge is 0.290 e. The summed E-state index contributed by atoms with van der Waals surface area (Å²) in [4.78, 5) is 22.9. The van der Waals surface area contributed by atoms with E-state index in [0.717, 1.165) is 27.4 Å². The van der Waals surface area contributed by atoms with E-state index in [9.17, 15) is 9.59 Å². The maximum atomic E-state index is 11.5. The Hall–Kier alpha value is -1.79. The number of benzene rings is 1. The zero-order chi connectivity index (χ0) is 15.0. The summed E-state index contributed by atoms with van der Waals surface area (Å²) in [5.74, 6) is 0.868. The number of rotatable bonds is 2. The monoisotopic (exact) mass is 363 g/mol. The van der Waals surface area contributed by atoms with Gasteiger partial charge in [0.15, 0.2) is 0 Å². The zero-order valence-electron chi connectivity index (χ0n) is 11.0. The van der Waals surface area contributed by atoms with Gasteiger partial charge in [-0.3, -0.25) is 14.9 Å². The van der Waals surface area contributed by atoms with Crippen LogP contribution in [0.4, 0.5) is 4.79 Å². The predicted molar refractivity (Wildman–Crippen MR) is 85.7 cm³/mol. The third kappa shape index (κ3) is 2.96. The molecule has 1 aliphatic heterocycles. The second-order valence-corrected chi connectivity index (χ2v) is 6.39. The van der Waals surface area contributed by atoms with Crippen molar-refractivity contribution in [2.45, 2.75) is 6.92 Å². The number of hydrogen-bond donors (Lipinski definition) is 1. The van der Waals surface area contributed by atoms with Crippen LogP contribution in [0.5, 0.6) is 0 Å². The molecule has 1 aromatic carbocycles. The topological polar surface area (TPSA) is 59.3 Å². The van der Waals surface area contributed by atoms with Gasteiger partial charge in [-0.25, -0.2) is 0 Å². The Bertz CT molecular complexity index is 779. The van der Waals surface area contributed by atoms with Crippen molar-refractivity contribution >= 4 is 44.9 Å². The lowest BCUT2D eigenvalue weighted by atomic mass is 10.1. The SMILES string of the molecule is Cc1cc(-c2ccc(/C=C3\SC(=O)NC3=O)o2)ccc1Br. The largest absolute Gasteiger partial charge is 0.457 e. The van der Waals surface area contributed by atoms with Gasteiger partial charge in [0.1, 0.15) is 11.5 Å². The van der Waals surface area contributed by atoms with Crippen LogP contribution in [0, 0.1) is 6.92 Å². The molecule has 0 bridgehead atoms. The molecule has 1 fully saturated rings. The van der Waals surface area contributed by atoms with E-state index in [4.69, 9.17) is 4.42 Å². The number of imide groups is 1. The van der Waals surface area contributed by atoms with E-state index < -0.39 is 0 Å². The third-order valence-electron chi connectivity index (χ3n) is 2.98. The molecule has 3 rings (SSSR count). The molecule has 1 aliphatic rings. The number of amides is 2. The molecule has 0 aliphatic carbocycles. The third-order valence-corrected chi connectivity index (χ3v) is 4.69. The molecule has 0 unspecified atom stereocenters. The van der Waals surface area contributed by atoms with Gasteiger partial charge < -0.3 is 4.42 Å². The standard InChI is InChI=1S/C15H10BrNO3S/c1-8-6-9(2-4-11(8)16)12-5-3-10(20-12)7-13-14(18)17-15(19)21-13/h2-7H,1H3,(H,17,18,19)/b13-7-. The lowest BCUT2D eigenvalue weighted by molar-refractivity contribution is -0.115. The maximum absolute atomic E-state index is 11.5. The van der Waals surface area contributed by atoms with Gasteiger partial charge in [-0.15, -0.1) is 0 Å². The van der Waals surface area contributed by atoms with Gasteiger partial charge in [0.2, 0.25) is 0 Å². The van der Waals surface area contributed by atoms with Crippen molar-refractivity contribution in [1.82, 2.24) is 5.32 Å². The molecule has 106 valence electrons. The Kier molecular flexibility index (Phi) is 3.73. The molecule has 1 saturated heterocycles. The first-order valence-electron chi connectivity index (χ1n) is 6.14. The van der Waals surface area contributed by atoms with Crippen LogP contribution < -0.4 is 5.32 Å². The summed E-state index contributed by atoms with van der Waals surface area (Å²) >= 11 is 4.33. The van der Waals surface area contributed by atoms with Crippen LogP contribution in [-0.2, 0) is 4.79 Å². The number of nitrogens with one attached hydrogen (secondary N) is 1. The molecule has 1 aromatic heterocycles. The highest BCUT2D eigenvalue weighted by Gasteiger charge is 2.25. The van der Waals surface area contributed by atoms with Crippen molar-refractivity contribution in [3.8, 4) is 11.3 Å². The number of aryl methyl sites for hydroxylation is 1. The maximum Gasteiger partial charge on any atom is 0.290 e. The molecule has 0 radical (unpaired) electrons. The van der Waals surface area contributed by atoms with Crippen molar-refractivity contribution in [2.75, 3.05) is 0 Å². The second kappa shape index (κ2) is 5.54. The molecule has 2 aromatic rings. The van der Waals surface area contributed by atoms with Gasteiger partial charge >= 0.3 is 0 Å². The van der Waals surface area contributed by atoms with E-state index in [1.165, 1.54) is 0 Å². The Balaban J connectivity index is 1.90. The molecule has 0 atom stereocenters. The quantitative estimate of drug-likeness (QED) is 0.806. The predicted octanol–water partition coefficient (Wildman–Crippen LogP) is 4.34. The van der Waals surface area contributed by atoms with Crippen molar-refractivity contribution in [1.29, 1.82) is 0 Å². The van der Waals surface area contributed by atoms with Gasteiger partial charge in [-0.2, -0.15) is 0 Å². The average Bonchev–Trinajstić information content (AvgIpc) is 3.01. The molecular weight excluding hydrogens is 354 g/mol. The first-order valence-corrected chi connectivity index (χ1v) is 7.75. The Morgan fingerprint density at radius 2 is 2.05 bits per heavy atom. The lowest BCUT2D eigenvalue weighted by Crippen LogP contribution is -2.17. The summed E-state index contributed by atoms with van der Waals surface area (Å²) in [6, 6.07) is 9.54. The minimum atomic E-state index is -0.387. The lowest BCUT2D eigenvalue weighted by Gasteiger charge is -2.01. The molecule has 0 spiro atoms. The highest BCUT2D eigenvalue weighted by Crippen LogP contribution is 2.30. The first kappa shape index (κ1) is 14.2. The fourth-order valence-electron chi connectivity index (χ4n) is 1.93. The number of carbonyl (C=O) groups excluding carboxylic acids is 2. The molecule has 2 amide bonds. The number of halogens is 1. The van der Waals surface area contributed by atoms with E-state index in [0.29, 0.717) is 16.4 Å². The molecule has 6 heteroatoms. The summed E-state index contributed by atoms with van der Waals surface area (Å²) in [5, 5.41) is 1.85. The minimum absolute atomic E-state index is 0.341. The van der Waals surface area contributed by atoms with Crippen LogP contribution in [0.15, 0.2) is 44.1 Å². The zero-order valence-corrected chi connectivity index (χ0v) is 13.4. The molecule has 1 N–H and O–H groups in total. The van der Waals surface area contributed by atoms with Crippen molar-refractivity contribution < 1.29 is 14.0 Å². The van der Waals surface area contributed by atoms with Gasteiger partial charge in [-0.1, -0.05) is 22.0 Å². The van der Waals surface area contributed by atoms with E-state index in [1.807, 2.05) is 31.2 Å². The van der Waals surface area contributed by atoms with Crippen LogP contribution in [0.2, 0.25) is 0 Å². The minimum Gasteiger partial charge on any atom is -0.457 e. The Labute approximate surface area is 133 Å². The van der Waals surface area contributed by atoms with Crippen molar-refractivity contribution in [3.63, 3.8) is 0 Å². The normalized spacial score (nSPS) is 16.6.